The Morgan fingerprint density at radius 1 is 1.50 bits per heavy atom. The number of rotatable bonds is 4. The zero-order valence-corrected chi connectivity index (χ0v) is 10.0. The normalized spacial score (nSPS) is 13.9. The maximum atomic E-state index is 8.83. The molecule has 2 N–H and O–H groups in total. The maximum absolute atomic E-state index is 8.83. The second kappa shape index (κ2) is 5.53. The first-order valence-electron chi connectivity index (χ1n) is 5.50. The molecule has 0 amide bonds. The summed E-state index contributed by atoms with van der Waals surface area (Å²) in [5.74, 6) is 0.762. The second-order valence-electron chi connectivity index (χ2n) is 3.96. The smallest absolute Gasteiger partial charge is 0.184 e. The fraction of sp³-hybridized carbons (Fsp3) is 0.462. The molecule has 3 nitrogen and oxygen atoms in total. The van der Waals surface area contributed by atoms with Gasteiger partial charge in [0.25, 0.3) is 0 Å². The second-order valence-corrected chi connectivity index (χ2v) is 3.96. The fourth-order valence-electron chi connectivity index (χ4n) is 1.44. The summed E-state index contributed by atoms with van der Waals surface area (Å²) < 4.78 is 5.58. The lowest BCUT2D eigenvalue weighted by Gasteiger charge is -2.14. The molecule has 0 aliphatic heterocycles. The quantitative estimate of drug-likeness (QED) is 0.845. The van der Waals surface area contributed by atoms with E-state index in [-0.39, 0.29) is 12.1 Å². The summed E-state index contributed by atoms with van der Waals surface area (Å²) in [5, 5.41) is 8.83. The summed E-state index contributed by atoms with van der Waals surface area (Å²) in [4.78, 5) is 0. The highest BCUT2D eigenvalue weighted by Gasteiger charge is 2.09. The van der Waals surface area contributed by atoms with Gasteiger partial charge in [0, 0.05) is 6.04 Å². The van der Waals surface area contributed by atoms with Crippen molar-refractivity contribution in [3.63, 3.8) is 0 Å². The first-order chi connectivity index (χ1) is 7.58. The van der Waals surface area contributed by atoms with Crippen LogP contribution in [0, 0.1) is 18.3 Å². The van der Waals surface area contributed by atoms with E-state index in [0.29, 0.717) is 6.42 Å². The van der Waals surface area contributed by atoms with Gasteiger partial charge in [-0.3, -0.25) is 0 Å². The van der Waals surface area contributed by atoms with Crippen molar-refractivity contribution < 1.29 is 4.74 Å². The predicted octanol–water partition coefficient (Wildman–Crippen LogP) is 2.70. The van der Waals surface area contributed by atoms with E-state index in [1.165, 1.54) is 0 Å². The van der Waals surface area contributed by atoms with Gasteiger partial charge >= 0.3 is 0 Å². The van der Waals surface area contributed by atoms with Crippen molar-refractivity contribution in [3.8, 4) is 11.8 Å². The molecule has 0 aliphatic carbocycles. The molecule has 0 fully saturated rings. The van der Waals surface area contributed by atoms with Crippen LogP contribution in [0.4, 0.5) is 0 Å². The summed E-state index contributed by atoms with van der Waals surface area (Å²) >= 11 is 0. The van der Waals surface area contributed by atoms with E-state index in [9.17, 15) is 0 Å². The molecule has 0 spiro atoms. The van der Waals surface area contributed by atoms with Crippen LogP contribution in [0.15, 0.2) is 18.2 Å². The van der Waals surface area contributed by atoms with Crippen LogP contribution in [-0.4, -0.2) is 6.10 Å². The number of hydrogen-bond donors (Lipinski definition) is 1. The average molecular weight is 218 g/mol. The van der Waals surface area contributed by atoms with E-state index in [2.05, 4.69) is 6.07 Å². The molecule has 0 aliphatic rings. The molecule has 0 radical (unpaired) electrons. The third-order valence-corrected chi connectivity index (χ3v) is 2.51. The Morgan fingerprint density at radius 3 is 2.62 bits per heavy atom. The SMILES string of the molecule is CCC(C#N)Oc1ccc([C@H](C)N)cc1C. The number of hydrogen-bond acceptors (Lipinski definition) is 3. The van der Waals surface area contributed by atoms with Gasteiger partial charge in [-0.2, -0.15) is 5.26 Å². The summed E-state index contributed by atoms with van der Waals surface area (Å²) in [6, 6.07) is 7.97. The highest BCUT2D eigenvalue weighted by atomic mass is 16.5. The molecule has 2 atom stereocenters. The first-order valence-corrected chi connectivity index (χ1v) is 5.50. The van der Waals surface area contributed by atoms with Crippen molar-refractivity contribution in [2.24, 2.45) is 5.73 Å². The molecule has 3 heteroatoms. The Morgan fingerprint density at radius 2 is 2.19 bits per heavy atom. The van der Waals surface area contributed by atoms with Crippen molar-refractivity contribution in [1.82, 2.24) is 0 Å². The topological polar surface area (TPSA) is 59.0 Å². The zero-order chi connectivity index (χ0) is 12.1. The summed E-state index contributed by atoms with van der Waals surface area (Å²) in [7, 11) is 0. The Balaban J connectivity index is 2.87. The maximum Gasteiger partial charge on any atom is 0.184 e. The Kier molecular flexibility index (Phi) is 4.33. The van der Waals surface area contributed by atoms with Crippen molar-refractivity contribution in [1.29, 1.82) is 5.26 Å². The van der Waals surface area contributed by atoms with E-state index >= 15 is 0 Å². The molecular formula is C13H18N2O. The number of benzene rings is 1. The van der Waals surface area contributed by atoms with Gasteiger partial charge in [0.2, 0.25) is 0 Å². The van der Waals surface area contributed by atoms with E-state index < -0.39 is 0 Å². The molecule has 1 aromatic carbocycles. The molecule has 1 aromatic rings. The lowest BCUT2D eigenvalue weighted by molar-refractivity contribution is 0.250. The molecule has 0 aromatic heterocycles. The van der Waals surface area contributed by atoms with Crippen LogP contribution in [0.1, 0.15) is 37.4 Å². The molecule has 0 bridgehead atoms. The van der Waals surface area contributed by atoms with Gasteiger partial charge in [0.15, 0.2) is 6.10 Å². The third kappa shape index (κ3) is 2.98. The minimum atomic E-state index is -0.375. The molecular weight excluding hydrogens is 200 g/mol. The van der Waals surface area contributed by atoms with Crippen LogP contribution in [-0.2, 0) is 0 Å². The van der Waals surface area contributed by atoms with Crippen LogP contribution in [0.25, 0.3) is 0 Å². The van der Waals surface area contributed by atoms with Gasteiger partial charge in [0.1, 0.15) is 11.8 Å². The average Bonchev–Trinajstić information content (AvgIpc) is 2.27. The van der Waals surface area contributed by atoms with E-state index in [0.717, 1.165) is 16.9 Å². The number of nitriles is 1. The van der Waals surface area contributed by atoms with Crippen LogP contribution in [0.5, 0.6) is 5.75 Å². The summed E-state index contributed by atoms with van der Waals surface area (Å²) in [5.41, 5.74) is 7.89. The van der Waals surface area contributed by atoms with Gasteiger partial charge in [0.05, 0.1) is 0 Å². The zero-order valence-electron chi connectivity index (χ0n) is 10.0. The van der Waals surface area contributed by atoms with Gasteiger partial charge in [-0.25, -0.2) is 0 Å². The first kappa shape index (κ1) is 12.5. The summed E-state index contributed by atoms with van der Waals surface area (Å²) in [6.45, 7) is 5.84. The monoisotopic (exact) mass is 218 g/mol. The molecule has 0 heterocycles. The molecule has 0 saturated carbocycles. The summed E-state index contributed by atoms with van der Waals surface area (Å²) in [6.07, 6.45) is 0.310. The lowest BCUT2D eigenvalue weighted by Crippen LogP contribution is -2.13. The van der Waals surface area contributed by atoms with Crippen molar-refractivity contribution in [2.75, 3.05) is 0 Å². The molecule has 16 heavy (non-hydrogen) atoms. The Hall–Kier alpha value is -1.53. The predicted molar refractivity (Wildman–Crippen MR) is 64.1 cm³/mol. The van der Waals surface area contributed by atoms with Crippen molar-refractivity contribution in [3.05, 3.63) is 29.3 Å². The van der Waals surface area contributed by atoms with Gasteiger partial charge < -0.3 is 10.5 Å². The van der Waals surface area contributed by atoms with Gasteiger partial charge in [-0.1, -0.05) is 19.1 Å². The van der Waals surface area contributed by atoms with E-state index in [1.54, 1.807) is 0 Å². The highest BCUT2D eigenvalue weighted by Crippen LogP contribution is 2.23. The Labute approximate surface area is 96.8 Å². The largest absolute Gasteiger partial charge is 0.475 e. The molecule has 0 saturated heterocycles. The van der Waals surface area contributed by atoms with Crippen LogP contribution >= 0.6 is 0 Å². The van der Waals surface area contributed by atoms with Gasteiger partial charge in [-0.05, 0) is 37.5 Å². The standard InChI is InChI=1S/C13H18N2O/c1-4-12(8-14)16-13-6-5-11(10(3)15)7-9(13)2/h5-7,10,12H,4,15H2,1-3H3/t10-,12?/m0/s1. The minimum Gasteiger partial charge on any atom is -0.475 e. The lowest BCUT2D eigenvalue weighted by atomic mass is 10.1. The number of nitrogens with two attached hydrogens (primary N) is 1. The third-order valence-electron chi connectivity index (χ3n) is 2.51. The molecule has 1 unspecified atom stereocenters. The van der Waals surface area contributed by atoms with Crippen molar-refractivity contribution in [2.45, 2.75) is 39.3 Å². The number of nitrogens with zero attached hydrogens (tertiary/aromatic N) is 1. The van der Waals surface area contributed by atoms with Crippen molar-refractivity contribution >= 4 is 0 Å². The number of aryl methyl sites for hydroxylation is 1. The fourth-order valence-corrected chi connectivity index (χ4v) is 1.44. The van der Waals surface area contributed by atoms with E-state index in [4.69, 9.17) is 15.7 Å². The van der Waals surface area contributed by atoms with Crippen LogP contribution in [0.2, 0.25) is 0 Å². The molecule has 86 valence electrons. The van der Waals surface area contributed by atoms with Crippen LogP contribution in [0.3, 0.4) is 0 Å². The van der Waals surface area contributed by atoms with Gasteiger partial charge in [-0.15, -0.1) is 0 Å². The number of ether oxygens (including phenoxy) is 1. The highest BCUT2D eigenvalue weighted by molar-refractivity contribution is 5.37. The van der Waals surface area contributed by atoms with E-state index in [1.807, 2.05) is 39.0 Å². The molecule has 1 rings (SSSR count). The Bertz CT molecular complexity index is 393. The minimum absolute atomic E-state index is 0.0192. The van der Waals surface area contributed by atoms with Crippen LogP contribution < -0.4 is 10.5 Å².